The van der Waals surface area contributed by atoms with Crippen molar-refractivity contribution >= 4 is 33.4 Å². The Morgan fingerprint density at radius 3 is 2.03 bits per heavy atom. The molecule has 1 saturated heterocycles. The van der Waals surface area contributed by atoms with Crippen LogP contribution in [0.1, 0.15) is 88.4 Å². The Balaban J connectivity index is 1.93. The maximum atomic E-state index is 13.3. The minimum Gasteiger partial charge on any atom is -0.507 e. The van der Waals surface area contributed by atoms with Gasteiger partial charge in [-0.2, -0.15) is 0 Å². The molecular formula is C31H41BrN2O3. The number of ketones is 1. The normalized spacial score (nSPS) is 17.4. The van der Waals surface area contributed by atoms with Crippen molar-refractivity contribution in [2.45, 2.75) is 71.8 Å². The second-order valence-corrected chi connectivity index (χ2v) is 11.1. The van der Waals surface area contributed by atoms with Gasteiger partial charge in [-0.15, -0.1) is 0 Å². The van der Waals surface area contributed by atoms with Crippen LogP contribution in [0.3, 0.4) is 0 Å². The first-order valence-corrected chi connectivity index (χ1v) is 14.4. The van der Waals surface area contributed by atoms with Gasteiger partial charge in [-0.3, -0.25) is 9.59 Å². The summed E-state index contributed by atoms with van der Waals surface area (Å²) >= 11 is 3.42. The van der Waals surface area contributed by atoms with Crippen molar-refractivity contribution in [2.24, 2.45) is 0 Å². The zero-order chi connectivity index (χ0) is 26.9. The number of hydrogen-bond donors (Lipinski definition) is 1. The highest BCUT2D eigenvalue weighted by Gasteiger charge is 2.45. The van der Waals surface area contributed by atoms with E-state index in [-0.39, 0.29) is 11.3 Å². The molecule has 0 bridgehead atoms. The molecule has 0 aromatic heterocycles. The zero-order valence-corrected chi connectivity index (χ0v) is 24.3. The van der Waals surface area contributed by atoms with Gasteiger partial charge in [0.05, 0.1) is 11.6 Å². The topological polar surface area (TPSA) is 60.9 Å². The summed E-state index contributed by atoms with van der Waals surface area (Å²) in [6.45, 7) is 12.1. The Morgan fingerprint density at radius 2 is 1.49 bits per heavy atom. The molecule has 1 unspecified atom stereocenters. The number of Topliss-reactive ketones (excluding diaryl/α,β-unsaturated/α-hetero) is 1. The van der Waals surface area contributed by atoms with Crippen molar-refractivity contribution in [3.05, 3.63) is 75.3 Å². The molecule has 2 aromatic rings. The number of carbonyl (C=O) groups is 2. The molecule has 5 nitrogen and oxygen atoms in total. The first kappa shape index (κ1) is 29.1. The van der Waals surface area contributed by atoms with Crippen LogP contribution < -0.4 is 0 Å². The third kappa shape index (κ3) is 7.32. The maximum absolute atomic E-state index is 13.3. The van der Waals surface area contributed by atoms with Crippen LogP contribution >= 0.6 is 15.9 Å². The van der Waals surface area contributed by atoms with Crippen LogP contribution in [-0.2, 0) is 9.59 Å². The third-order valence-corrected chi connectivity index (χ3v) is 7.63. The molecule has 1 aliphatic heterocycles. The number of benzene rings is 2. The molecule has 0 spiro atoms. The van der Waals surface area contributed by atoms with Gasteiger partial charge in [-0.1, -0.05) is 92.9 Å². The number of halogens is 1. The van der Waals surface area contributed by atoms with Gasteiger partial charge < -0.3 is 14.9 Å². The van der Waals surface area contributed by atoms with Crippen LogP contribution in [0.4, 0.5) is 0 Å². The number of carbonyl (C=O) groups excluding carboxylic acids is 2. The molecule has 0 aliphatic carbocycles. The predicted molar refractivity (Wildman–Crippen MR) is 155 cm³/mol. The first-order chi connectivity index (χ1) is 17.8. The number of hydrogen-bond acceptors (Lipinski definition) is 4. The highest BCUT2D eigenvalue weighted by molar-refractivity contribution is 9.10. The van der Waals surface area contributed by atoms with E-state index in [9.17, 15) is 14.7 Å². The van der Waals surface area contributed by atoms with E-state index in [4.69, 9.17) is 0 Å². The number of aliphatic hydroxyl groups is 1. The van der Waals surface area contributed by atoms with Gasteiger partial charge in [0.15, 0.2) is 0 Å². The van der Waals surface area contributed by atoms with Gasteiger partial charge in [-0.25, -0.2) is 0 Å². The van der Waals surface area contributed by atoms with Gasteiger partial charge >= 0.3 is 0 Å². The van der Waals surface area contributed by atoms with Crippen LogP contribution in [0.5, 0.6) is 0 Å². The van der Waals surface area contributed by atoms with Crippen LogP contribution in [0, 0.1) is 0 Å². The minimum atomic E-state index is -0.618. The largest absolute Gasteiger partial charge is 0.507 e. The molecule has 0 saturated carbocycles. The van der Waals surface area contributed by atoms with Crippen molar-refractivity contribution in [2.75, 3.05) is 26.2 Å². The summed E-state index contributed by atoms with van der Waals surface area (Å²) in [5.41, 5.74) is 2.72. The van der Waals surface area contributed by atoms with E-state index in [1.807, 2.05) is 24.3 Å². The van der Waals surface area contributed by atoms with E-state index in [2.05, 4.69) is 60.7 Å². The fourth-order valence-corrected chi connectivity index (χ4v) is 5.11. The second-order valence-electron chi connectivity index (χ2n) is 10.2. The van der Waals surface area contributed by atoms with E-state index in [1.54, 1.807) is 17.0 Å². The van der Waals surface area contributed by atoms with Gasteiger partial charge in [0.25, 0.3) is 11.7 Å². The number of rotatable bonds is 13. The fraction of sp³-hybridized carbons (Fsp3) is 0.484. The third-order valence-electron chi connectivity index (χ3n) is 7.11. The molecule has 1 N–H and O–H groups in total. The van der Waals surface area contributed by atoms with Crippen molar-refractivity contribution in [3.8, 4) is 0 Å². The molecule has 6 heteroatoms. The Bertz CT molecular complexity index is 1070. The van der Waals surface area contributed by atoms with Crippen LogP contribution in [-0.4, -0.2) is 52.8 Å². The Kier molecular flexibility index (Phi) is 11.0. The average Bonchev–Trinajstić information content (AvgIpc) is 3.15. The summed E-state index contributed by atoms with van der Waals surface area (Å²) in [5, 5.41) is 11.3. The second kappa shape index (κ2) is 13.9. The van der Waals surface area contributed by atoms with E-state index < -0.39 is 17.7 Å². The predicted octanol–water partition coefficient (Wildman–Crippen LogP) is 7.29. The van der Waals surface area contributed by atoms with Gasteiger partial charge in [0.2, 0.25) is 0 Å². The Morgan fingerprint density at radius 1 is 0.919 bits per heavy atom. The maximum Gasteiger partial charge on any atom is 0.295 e. The lowest BCUT2D eigenvalue weighted by Crippen LogP contribution is -2.34. The molecule has 1 amide bonds. The molecule has 1 fully saturated rings. The first-order valence-electron chi connectivity index (χ1n) is 13.6. The lowest BCUT2D eigenvalue weighted by molar-refractivity contribution is -0.140. The van der Waals surface area contributed by atoms with Crippen molar-refractivity contribution in [1.29, 1.82) is 0 Å². The van der Waals surface area contributed by atoms with Gasteiger partial charge in [0.1, 0.15) is 5.76 Å². The lowest BCUT2D eigenvalue weighted by atomic mass is 9.93. The van der Waals surface area contributed by atoms with Crippen LogP contribution in [0.15, 0.2) is 58.6 Å². The molecule has 200 valence electrons. The molecule has 1 atom stereocenters. The van der Waals surface area contributed by atoms with E-state index in [0.717, 1.165) is 61.8 Å². The molecule has 3 rings (SSSR count). The molecule has 37 heavy (non-hydrogen) atoms. The Hall–Kier alpha value is -2.44. The number of unbranched alkanes of at least 4 members (excludes halogenated alkanes) is 2. The van der Waals surface area contributed by atoms with E-state index in [0.29, 0.717) is 18.0 Å². The fourth-order valence-electron chi connectivity index (χ4n) is 4.85. The Labute approximate surface area is 230 Å². The monoisotopic (exact) mass is 568 g/mol. The van der Waals surface area contributed by atoms with E-state index >= 15 is 0 Å². The number of likely N-dealkylation sites (tertiary alicyclic amines) is 1. The van der Waals surface area contributed by atoms with Crippen LogP contribution in [0.2, 0.25) is 0 Å². The summed E-state index contributed by atoms with van der Waals surface area (Å²) < 4.78 is 0.876. The van der Waals surface area contributed by atoms with Crippen molar-refractivity contribution in [1.82, 2.24) is 9.80 Å². The molecule has 1 heterocycles. The summed E-state index contributed by atoms with van der Waals surface area (Å²) in [6.07, 6.45) is 5.39. The summed E-state index contributed by atoms with van der Waals surface area (Å²) in [4.78, 5) is 30.7. The highest BCUT2D eigenvalue weighted by atomic mass is 79.9. The number of nitrogens with zero attached hydrogens (tertiary/aromatic N) is 2. The zero-order valence-electron chi connectivity index (χ0n) is 22.7. The van der Waals surface area contributed by atoms with Crippen molar-refractivity contribution in [3.63, 3.8) is 0 Å². The summed E-state index contributed by atoms with van der Waals surface area (Å²) in [6, 6.07) is 14.6. The summed E-state index contributed by atoms with van der Waals surface area (Å²) in [7, 11) is 0. The van der Waals surface area contributed by atoms with Crippen molar-refractivity contribution < 1.29 is 14.7 Å². The molecular weight excluding hydrogens is 528 g/mol. The van der Waals surface area contributed by atoms with Gasteiger partial charge in [-0.05, 0) is 68.1 Å². The number of amides is 1. The SMILES string of the molecule is CCCCN(CCCC)CCCN1C(=O)C(=O)/C(=C(\O)c2ccc(Br)cc2)C1c1ccc(C(C)C)cc1. The van der Waals surface area contributed by atoms with E-state index in [1.165, 1.54) is 5.56 Å². The quantitative estimate of drug-likeness (QED) is 0.156. The lowest BCUT2D eigenvalue weighted by Gasteiger charge is -2.27. The smallest absolute Gasteiger partial charge is 0.295 e. The molecule has 2 aromatic carbocycles. The minimum absolute atomic E-state index is 0.126. The molecule has 1 aliphatic rings. The summed E-state index contributed by atoms with van der Waals surface area (Å²) in [5.74, 6) is -0.906. The van der Waals surface area contributed by atoms with Crippen LogP contribution in [0.25, 0.3) is 5.76 Å². The number of aliphatic hydroxyl groups excluding tert-OH is 1. The standard InChI is InChI=1S/C31H41BrN2O3/c1-5-7-18-33(19-8-6-2)20-9-21-34-28(24-12-10-23(11-13-24)22(3)4)27(30(36)31(34)37)29(35)25-14-16-26(32)17-15-25/h10-17,22,28,35H,5-9,18-21H2,1-4H3/b29-27-. The highest BCUT2D eigenvalue weighted by Crippen LogP contribution is 2.40. The molecule has 0 radical (unpaired) electrons. The average molecular weight is 570 g/mol. The van der Waals surface area contributed by atoms with Gasteiger partial charge in [0, 0.05) is 16.6 Å².